The van der Waals surface area contributed by atoms with Gasteiger partial charge in [0.25, 0.3) is 5.91 Å². The molecule has 4 nitrogen and oxygen atoms in total. The number of hydrogen-bond acceptors (Lipinski definition) is 3. The number of primary amides is 1. The van der Waals surface area contributed by atoms with Gasteiger partial charge in [0, 0.05) is 0 Å². The van der Waals surface area contributed by atoms with E-state index in [4.69, 9.17) is 15.2 Å². The highest BCUT2D eigenvalue weighted by atomic mass is 16.5. The van der Waals surface area contributed by atoms with Crippen LogP contribution in [0, 0.1) is 0 Å². The molecule has 1 amide bonds. The summed E-state index contributed by atoms with van der Waals surface area (Å²) < 4.78 is 11.0. The van der Waals surface area contributed by atoms with E-state index < -0.39 is 12.0 Å². The number of rotatable bonds is 6. The van der Waals surface area contributed by atoms with Gasteiger partial charge >= 0.3 is 0 Å². The molecule has 0 heterocycles. The highest BCUT2D eigenvalue weighted by Gasteiger charge is 2.09. The second-order valence-electron chi connectivity index (χ2n) is 4.41. The van der Waals surface area contributed by atoms with Gasteiger partial charge < -0.3 is 15.2 Å². The predicted octanol–water partition coefficient (Wildman–Crippen LogP) is 2.52. The molecule has 2 aromatic carbocycles. The average Bonchev–Trinajstić information content (AvgIpc) is 2.47. The monoisotopic (exact) mass is 271 g/mol. The molecule has 0 aliphatic carbocycles. The van der Waals surface area contributed by atoms with E-state index >= 15 is 0 Å². The van der Waals surface area contributed by atoms with Crippen LogP contribution in [0.5, 0.6) is 11.5 Å². The Morgan fingerprint density at radius 1 is 1.05 bits per heavy atom. The largest absolute Gasteiger partial charge is 0.489 e. The summed E-state index contributed by atoms with van der Waals surface area (Å²) in [7, 11) is 0. The Morgan fingerprint density at radius 2 is 1.70 bits per heavy atom. The lowest BCUT2D eigenvalue weighted by molar-refractivity contribution is -0.123. The molecule has 0 spiro atoms. The minimum absolute atomic E-state index is 0.482. The first-order valence-electron chi connectivity index (χ1n) is 6.38. The number of nitrogens with two attached hydrogens (primary N) is 1. The molecule has 0 fully saturated rings. The Hall–Kier alpha value is -2.49. The van der Waals surface area contributed by atoms with Gasteiger partial charge in [0.15, 0.2) is 6.10 Å². The van der Waals surface area contributed by atoms with Gasteiger partial charge in [0.2, 0.25) is 0 Å². The third-order valence-corrected chi connectivity index (χ3v) is 2.79. The summed E-state index contributed by atoms with van der Waals surface area (Å²) in [6.45, 7) is 2.10. The highest BCUT2D eigenvalue weighted by Crippen LogP contribution is 2.16. The van der Waals surface area contributed by atoms with Crippen molar-refractivity contribution in [3.8, 4) is 11.5 Å². The van der Waals surface area contributed by atoms with Gasteiger partial charge in [-0.1, -0.05) is 30.3 Å². The molecule has 0 saturated heterocycles. The lowest BCUT2D eigenvalue weighted by atomic mass is 10.2. The molecule has 0 radical (unpaired) electrons. The van der Waals surface area contributed by atoms with E-state index in [0.717, 1.165) is 11.3 Å². The van der Waals surface area contributed by atoms with Crippen LogP contribution in [0.1, 0.15) is 12.5 Å². The molecule has 2 aromatic rings. The van der Waals surface area contributed by atoms with Crippen molar-refractivity contribution in [2.24, 2.45) is 5.73 Å². The van der Waals surface area contributed by atoms with Crippen LogP contribution in [0.2, 0.25) is 0 Å². The van der Waals surface area contributed by atoms with E-state index in [1.165, 1.54) is 0 Å². The van der Waals surface area contributed by atoms with Crippen LogP contribution in [-0.4, -0.2) is 12.0 Å². The first kappa shape index (κ1) is 13.9. The van der Waals surface area contributed by atoms with Gasteiger partial charge in [-0.3, -0.25) is 4.79 Å². The third-order valence-electron chi connectivity index (χ3n) is 2.79. The van der Waals surface area contributed by atoms with E-state index in [0.29, 0.717) is 12.4 Å². The standard InChI is InChI=1S/C16H17NO3/c1-12(16(17)18)20-15-9-7-13(8-10-15)11-19-14-5-3-2-4-6-14/h2-10,12H,11H2,1H3,(H2,17,18). The molecule has 0 bridgehead atoms. The maximum atomic E-state index is 10.9. The number of carbonyl (C=O) groups excluding carboxylic acids is 1. The Morgan fingerprint density at radius 3 is 2.30 bits per heavy atom. The van der Waals surface area contributed by atoms with Gasteiger partial charge in [-0.15, -0.1) is 0 Å². The third kappa shape index (κ3) is 4.02. The minimum atomic E-state index is -0.638. The van der Waals surface area contributed by atoms with E-state index in [-0.39, 0.29) is 0 Å². The molecule has 104 valence electrons. The minimum Gasteiger partial charge on any atom is -0.489 e. The van der Waals surface area contributed by atoms with Gasteiger partial charge in [-0.2, -0.15) is 0 Å². The van der Waals surface area contributed by atoms with Crippen LogP contribution in [0.4, 0.5) is 0 Å². The van der Waals surface area contributed by atoms with Gasteiger partial charge in [0.1, 0.15) is 18.1 Å². The predicted molar refractivity (Wildman–Crippen MR) is 76.5 cm³/mol. The zero-order valence-corrected chi connectivity index (χ0v) is 11.3. The molecule has 2 rings (SSSR count). The smallest absolute Gasteiger partial charge is 0.258 e. The summed E-state index contributed by atoms with van der Waals surface area (Å²) in [5.41, 5.74) is 6.16. The fourth-order valence-corrected chi connectivity index (χ4v) is 1.61. The number of hydrogen-bond donors (Lipinski definition) is 1. The quantitative estimate of drug-likeness (QED) is 0.878. The van der Waals surface area contributed by atoms with E-state index in [2.05, 4.69) is 0 Å². The number of amides is 1. The summed E-state index contributed by atoms with van der Waals surface area (Å²) >= 11 is 0. The molecule has 2 N–H and O–H groups in total. The molecule has 1 unspecified atom stereocenters. The summed E-state index contributed by atoms with van der Waals surface area (Å²) in [6.07, 6.45) is -0.638. The second kappa shape index (κ2) is 6.61. The van der Waals surface area contributed by atoms with Crippen molar-refractivity contribution in [3.05, 3.63) is 60.2 Å². The van der Waals surface area contributed by atoms with Crippen LogP contribution >= 0.6 is 0 Å². The second-order valence-corrected chi connectivity index (χ2v) is 4.41. The fraction of sp³-hybridized carbons (Fsp3) is 0.188. The fourth-order valence-electron chi connectivity index (χ4n) is 1.61. The zero-order chi connectivity index (χ0) is 14.4. The van der Waals surface area contributed by atoms with Crippen molar-refractivity contribution < 1.29 is 14.3 Å². The van der Waals surface area contributed by atoms with Crippen LogP contribution in [0.15, 0.2) is 54.6 Å². The Bertz CT molecular complexity index is 552. The molecule has 4 heteroatoms. The molecule has 0 aromatic heterocycles. The van der Waals surface area contributed by atoms with Crippen molar-refractivity contribution in [2.45, 2.75) is 19.6 Å². The zero-order valence-electron chi connectivity index (χ0n) is 11.3. The lowest BCUT2D eigenvalue weighted by Gasteiger charge is -2.11. The number of carbonyl (C=O) groups is 1. The van der Waals surface area contributed by atoms with Gasteiger partial charge in [-0.05, 0) is 36.8 Å². The summed E-state index contributed by atoms with van der Waals surface area (Å²) in [5, 5.41) is 0. The topological polar surface area (TPSA) is 61.6 Å². The molecule has 0 saturated carbocycles. The van der Waals surface area contributed by atoms with Crippen molar-refractivity contribution in [2.75, 3.05) is 0 Å². The van der Waals surface area contributed by atoms with Crippen LogP contribution in [0.25, 0.3) is 0 Å². The maximum absolute atomic E-state index is 10.9. The Labute approximate surface area is 118 Å². The van der Waals surface area contributed by atoms with E-state index in [1.807, 2.05) is 42.5 Å². The molecule has 0 aliphatic heterocycles. The van der Waals surface area contributed by atoms with Crippen molar-refractivity contribution >= 4 is 5.91 Å². The van der Waals surface area contributed by atoms with Crippen LogP contribution in [-0.2, 0) is 11.4 Å². The SMILES string of the molecule is CC(Oc1ccc(COc2ccccc2)cc1)C(N)=O. The van der Waals surface area contributed by atoms with E-state index in [1.54, 1.807) is 19.1 Å². The number of ether oxygens (including phenoxy) is 2. The molecule has 0 aliphatic rings. The number of para-hydroxylation sites is 1. The van der Waals surface area contributed by atoms with Crippen molar-refractivity contribution in [1.29, 1.82) is 0 Å². The normalized spacial score (nSPS) is 11.7. The first-order chi connectivity index (χ1) is 9.65. The van der Waals surface area contributed by atoms with Gasteiger partial charge in [-0.25, -0.2) is 0 Å². The van der Waals surface area contributed by atoms with E-state index in [9.17, 15) is 4.79 Å². The summed E-state index contributed by atoms with van der Waals surface area (Å²) in [5.74, 6) is 0.955. The van der Waals surface area contributed by atoms with Crippen molar-refractivity contribution in [1.82, 2.24) is 0 Å². The molecule has 20 heavy (non-hydrogen) atoms. The maximum Gasteiger partial charge on any atom is 0.258 e. The van der Waals surface area contributed by atoms with Crippen LogP contribution in [0.3, 0.4) is 0 Å². The van der Waals surface area contributed by atoms with Crippen LogP contribution < -0.4 is 15.2 Å². The lowest BCUT2D eigenvalue weighted by Crippen LogP contribution is -2.30. The van der Waals surface area contributed by atoms with Crippen molar-refractivity contribution in [3.63, 3.8) is 0 Å². The molecular weight excluding hydrogens is 254 g/mol. The molecular formula is C16H17NO3. The molecule has 1 atom stereocenters. The summed E-state index contributed by atoms with van der Waals surface area (Å²) in [6, 6.07) is 17.0. The highest BCUT2D eigenvalue weighted by molar-refractivity contribution is 5.78. The first-order valence-corrected chi connectivity index (χ1v) is 6.38. The number of benzene rings is 2. The van der Waals surface area contributed by atoms with Gasteiger partial charge in [0.05, 0.1) is 0 Å². The summed E-state index contributed by atoms with van der Waals surface area (Å²) in [4.78, 5) is 10.9. The average molecular weight is 271 g/mol. The Kier molecular flexibility index (Phi) is 4.60. The Balaban J connectivity index is 1.90.